The molecule has 0 saturated carbocycles. The Morgan fingerprint density at radius 3 is 2.41 bits per heavy atom. The number of aliphatic hydroxyl groups is 1. The molecule has 0 bridgehead atoms. The maximum absolute atomic E-state index is 13.6. The number of carbonyl (C=O) groups is 1. The predicted octanol–water partition coefficient (Wildman–Crippen LogP) is 4.35. The molecule has 1 amide bonds. The summed E-state index contributed by atoms with van der Waals surface area (Å²) >= 11 is 0. The molecule has 234 valence electrons. The molecule has 1 heterocycles. The molecule has 3 aromatic rings. The molecule has 0 spiro atoms. The summed E-state index contributed by atoms with van der Waals surface area (Å²) in [6.45, 7) is 3.20. The van der Waals surface area contributed by atoms with Crippen molar-refractivity contribution in [1.82, 2.24) is 9.62 Å². The minimum atomic E-state index is -4.34. The van der Waals surface area contributed by atoms with Crippen LogP contribution in [0, 0.1) is 17.2 Å². The van der Waals surface area contributed by atoms with Crippen molar-refractivity contribution in [1.29, 1.82) is 5.26 Å². The monoisotopic (exact) mass is 631 g/mol. The summed E-state index contributed by atoms with van der Waals surface area (Å²) in [6.07, 6.45) is -6.81. The molecule has 44 heavy (non-hydrogen) atoms. The Morgan fingerprint density at radius 1 is 1.05 bits per heavy atom. The van der Waals surface area contributed by atoms with Gasteiger partial charge >= 0.3 is 12.4 Å². The number of halogens is 2. The van der Waals surface area contributed by atoms with Crippen molar-refractivity contribution in [2.45, 2.75) is 50.2 Å². The summed E-state index contributed by atoms with van der Waals surface area (Å²) in [5, 5.41) is 31.9. The van der Waals surface area contributed by atoms with Crippen LogP contribution in [0.2, 0.25) is 0 Å². The zero-order valence-corrected chi connectivity index (χ0v) is 24.6. The zero-order chi connectivity index (χ0) is 32.1. The van der Waals surface area contributed by atoms with Gasteiger partial charge in [0, 0.05) is 19.2 Å². The lowest BCUT2D eigenvalue weighted by atomic mass is 10.0. The van der Waals surface area contributed by atoms with Crippen LogP contribution in [0.1, 0.15) is 30.5 Å². The standard InChI is InChI=1S/C30H31F2N3O8S/c1-19(2)16-35(44(39,40)24-10-11-27-28(14-24)43-30(31,32)42-27)17-26(36)25(34-29(37)38)13-20-6-8-23(9-7-20)41-18-22-5-3-4-21(12-22)15-33/h3-12,14,19,25-26,34,36H,13,16-18H2,1-2H3,(H,37,38)/t25-,26-/m0/s1. The Morgan fingerprint density at radius 2 is 1.75 bits per heavy atom. The van der Waals surface area contributed by atoms with E-state index in [2.05, 4.69) is 20.9 Å². The first kappa shape index (κ1) is 32.5. The Labute approximate surface area is 253 Å². The largest absolute Gasteiger partial charge is 0.586 e. The van der Waals surface area contributed by atoms with Crippen molar-refractivity contribution in [3.8, 4) is 23.3 Å². The van der Waals surface area contributed by atoms with Crippen LogP contribution < -0.4 is 19.5 Å². The molecular weight excluding hydrogens is 600 g/mol. The van der Waals surface area contributed by atoms with Gasteiger partial charge < -0.3 is 29.7 Å². The fraction of sp³-hybridized carbons (Fsp3) is 0.333. The van der Waals surface area contributed by atoms with Crippen LogP contribution in [-0.4, -0.2) is 60.6 Å². The van der Waals surface area contributed by atoms with Crippen molar-refractivity contribution in [3.63, 3.8) is 0 Å². The topological polar surface area (TPSA) is 158 Å². The molecule has 1 aliphatic heterocycles. The number of rotatable bonds is 13. The summed E-state index contributed by atoms with van der Waals surface area (Å²) < 4.78 is 69.6. The first-order chi connectivity index (χ1) is 20.8. The molecule has 1 aliphatic rings. The molecular formula is C30H31F2N3O8S. The zero-order valence-electron chi connectivity index (χ0n) is 23.8. The average molecular weight is 632 g/mol. The third kappa shape index (κ3) is 8.34. The van der Waals surface area contributed by atoms with Gasteiger partial charge in [-0.05, 0) is 59.9 Å². The summed E-state index contributed by atoms with van der Waals surface area (Å²) in [4.78, 5) is 11.2. The van der Waals surface area contributed by atoms with E-state index in [-0.39, 0.29) is 36.1 Å². The average Bonchev–Trinajstić information content (AvgIpc) is 3.28. The molecule has 2 atom stereocenters. The van der Waals surface area contributed by atoms with Crippen molar-refractivity contribution < 1.29 is 46.4 Å². The first-order valence-corrected chi connectivity index (χ1v) is 15.0. The summed E-state index contributed by atoms with van der Waals surface area (Å²) in [7, 11) is -4.34. The van der Waals surface area contributed by atoms with Gasteiger partial charge in [0.1, 0.15) is 12.4 Å². The summed E-state index contributed by atoms with van der Waals surface area (Å²) in [5.41, 5.74) is 1.95. The number of nitriles is 1. The van der Waals surface area contributed by atoms with Gasteiger partial charge in [-0.15, -0.1) is 8.78 Å². The van der Waals surface area contributed by atoms with E-state index in [1.807, 2.05) is 6.07 Å². The normalized spacial score (nSPS) is 15.0. The predicted molar refractivity (Wildman–Crippen MR) is 153 cm³/mol. The second kappa shape index (κ2) is 13.5. The lowest BCUT2D eigenvalue weighted by Gasteiger charge is -2.30. The highest BCUT2D eigenvalue weighted by molar-refractivity contribution is 7.89. The highest BCUT2D eigenvalue weighted by atomic mass is 32.2. The Balaban J connectivity index is 1.47. The Hall–Kier alpha value is -4.45. The van der Waals surface area contributed by atoms with Crippen LogP contribution in [0.15, 0.2) is 71.6 Å². The number of fused-ring (bicyclic) bond motifs is 1. The van der Waals surface area contributed by atoms with Crippen LogP contribution in [-0.2, 0) is 23.1 Å². The van der Waals surface area contributed by atoms with Gasteiger partial charge in [0.05, 0.1) is 28.7 Å². The van der Waals surface area contributed by atoms with Gasteiger partial charge in [0.25, 0.3) is 0 Å². The van der Waals surface area contributed by atoms with E-state index in [0.29, 0.717) is 16.9 Å². The van der Waals surface area contributed by atoms with Gasteiger partial charge in [0.2, 0.25) is 10.0 Å². The number of benzene rings is 3. The van der Waals surface area contributed by atoms with Gasteiger partial charge in [-0.25, -0.2) is 13.2 Å². The molecule has 0 aromatic heterocycles. The molecule has 4 rings (SSSR count). The molecule has 14 heteroatoms. The smallest absolute Gasteiger partial charge is 0.489 e. The van der Waals surface area contributed by atoms with E-state index < -0.39 is 46.9 Å². The number of hydrogen-bond donors (Lipinski definition) is 3. The Kier molecular flexibility index (Phi) is 9.93. The molecule has 0 unspecified atom stereocenters. The maximum atomic E-state index is 13.6. The first-order valence-electron chi connectivity index (χ1n) is 13.5. The van der Waals surface area contributed by atoms with Crippen LogP contribution in [0.5, 0.6) is 17.2 Å². The van der Waals surface area contributed by atoms with E-state index in [9.17, 15) is 32.2 Å². The minimum absolute atomic E-state index is 0.0205. The molecule has 0 saturated heterocycles. The fourth-order valence-electron chi connectivity index (χ4n) is 4.57. The lowest BCUT2D eigenvalue weighted by molar-refractivity contribution is -0.286. The second-order valence-electron chi connectivity index (χ2n) is 10.6. The SMILES string of the molecule is CC(C)CN(C[C@H](O)[C@H](Cc1ccc(OCc2cccc(C#N)c2)cc1)NC(=O)O)S(=O)(=O)c1ccc2c(c1)OC(F)(F)O2. The number of carboxylic acid groups (broad SMARTS) is 1. The highest BCUT2D eigenvalue weighted by Crippen LogP contribution is 2.42. The number of ether oxygens (including phenoxy) is 3. The van der Waals surface area contributed by atoms with E-state index in [1.54, 1.807) is 56.3 Å². The van der Waals surface area contributed by atoms with Crippen LogP contribution in [0.25, 0.3) is 0 Å². The molecule has 3 aromatic carbocycles. The van der Waals surface area contributed by atoms with Gasteiger partial charge in [-0.3, -0.25) is 0 Å². The number of alkyl halides is 2. The summed E-state index contributed by atoms with van der Waals surface area (Å²) in [5.74, 6) is -0.444. The summed E-state index contributed by atoms with van der Waals surface area (Å²) in [6, 6.07) is 17.7. The minimum Gasteiger partial charge on any atom is -0.489 e. The molecule has 11 nitrogen and oxygen atoms in total. The van der Waals surface area contributed by atoms with Crippen LogP contribution in [0.4, 0.5) is 13.6 Å². The highest BCUT2D eigenvalue weighted by Gasteiger charge is 2.44. The Bertz CT molecular complexity index is 1630. The molecule has 0 fully saturated rings. The van der Waals surface area contributed by atoms with E-state index in [4.69, 9.17) is 10.00 Å². The van der Waals surface area contributed by atoms with Gasteiger partial charge in [0.15, 0.2) is 11.5 Å². The van der Waals surface area contributed by atoms with Crippen molar-refractivity contribution in [2.24, 2.45) is 5.92 Å². The van der Waals surface area contributed by atoms with Crippen LogP contribution >= 0.6 is 0 Å². The van der Waals surface area contributed by atoms with Gasteiger partial charge in [-0.2, -0.15) is 9.57 Å². The van der Waals surface area contributed by atoms with Crippen molar-refractivity contribution in [3.05, 3.63) is 83.4 Å². The molecule has 0 radical (unpaired) electrons. The molecule has 0 aliphatic carbocycles. The second-order valence-corrected chi connectivity index (χ2v) is 12.5. The van der Waals surface area contributed by atoms with Crippen molar-refractivity contribution in [2.75, 3.05) is 13.1 Å². The number of amides is 1. The fourth-order valence-corrected chi connectivity index (χ4v) is 6.21. The lowest BCUT2D eigenvalue weighted by Crippen LogP contribution is -2.50. The van der Waals surface area contributed by atoms with Crippen LogP contribution in [0.3, 0.4) is 0 Å². The molecule has 3 N–H and O–H groups in total. The number of hydrogen-bond acceptors (Lipinski definition) is 8. The van der Waals surface area contributed by atoms with Gasteiger partial charge in [-0.1, -0.05) is 38.1 Å². The quantitative estimate of drug-likeness (QED) is 0.249. The van der Waals surface area contributed by atoms with E-state index in [1.165, 1.54) is 0 Å². The number of nitrogens with zero attached hydrogens (tertiary/aromatic N) is 2. The van der Waals surface area contributed by atoms with Crippen molar-refractivity contribution >= 4 is 16.1 Å². The number of aliphatic hydroxyl groups excluding tert-OH is 1. The maximum Gasteiger partial charge on any atom is 0.586 e. The third-order valence-corrected chi connectivity index (χ3v) is 8.41. The number of sulfonamides is 1. The third-order valence-electron chi connectivity index (χ3n) is 6.58. The van der Waals surface area contributed by atoms with E-state index >= 15 is 0 Å². The number of nitrogens with one attached hydrogen (secondary N) is 1. The van der Waals surface area contributed by atoms with E-state index in [0.717, 1.165) is 28.1 Å².